The summed E-state index contributed by atoms with van der Waals surface area (Å²) in [6.07, 6.45) is 11.7. The first-order valence-corrected chi connectivity index (χ1v) is 16.0. The molecule has 6 nitrogen and oxygen atoms in total. The maximum atomic E-state index is 12.4. The van der Waals surface area contributed by atoms with Crippen LogP contribution in [-0.4, -0.2) is 33.8 Å². The molecule has 0 spiro atoms. The number of carbonyl (C=O) groups excluding carboxylic acids is 1. The quantitative estimate of drug-likeness (QED) is 0.152. The van der Waals surface area contributed by atoms with Crippen molar-refractivity contribution in [2.24, 2.45) is 5.92 Å². The van der Waals surface area contributed by atoms with Gasteiger partial charge in [0.15, 0.2) is 0 Å². The topological polar surface area (TPSA) is 65.8 Å². The molecule has 2 aromatic carbocycles. The number of carbonyl (C=O) groups is 1. The summed E-state index contributed by atoms with van der Waals surface area (Å²) >= 11 is 0. The number of unbranched alkanes of at least 4 members (excludes halogenated alkanes) is 1. The van der Waals surface area contributed by atoms with Crippen LogP contribution >= 0.6 is 0 Å². The van der Waals surface area contributed by atoms with E-state index in [0.29, 0.717) is 12.5 Å². The number of nitriles is 1. The maximum Gasteiger partial charge on any atom is 0.348 e. The molecular weight excluding hydrogens is 558 g/mol. The second kappa shape index (κ2) is 15.2. The van der Waals surface area contributed by atoms with Crippen molar-refractivity contribution in [2.45, 2.75) is 78.1 Å². The summed E-state index contributed by atoms with van der Waals surface area (Å²) in [6.45, 7) is 17.2. The van der Waals surface area contributed by atoms with Crippen LogP contribution in [-0.2, 0) is 20.4 Å². The Balaban J connectivity index is 0.000000276. The minimum absolute atomic E-state index is 0.00713. The Morgan fingerprint density at radius 1 is 0.978 bits per heavy atom. The lowest BCUT2D eigenvalue weighted by atomic mass is 9.83. The molecule has 1 atom stereocenters. The number of rotatable bonds is 10. The zero-order valence-corrected chi connectivity index (χ0v) is 28.7. The van der Waals surface area contributed by atoms with E-state index in [0.717, 1.165) is 42.8 Å². The SMILES string of the molecule is C=C/C=C1\N(C)c2ccc(OC)cc2C1(C)C.CCCCC(CC)COC(=O)/C(C#N)=C/C=C1\N(C)c2ccccc2C1(C)C. The molecule has 0 saturated carbocycles. The molecule has 0 aliphatic carbocycles. The molecule has 2 aliphatic rings. The second-order valence-electron chi connectivity index (χ2n) is 12.8. The lowest BCUT2D eigenvalue weighted by Gasteiger charge is -2.23. The molecule has 1 unspecified atom stereocenters. The number of ether oxygens (including phenoxy) is 2. The summed E-state index contributed by atoms with van der Waals surface area (Å²) in [4.78, 5) is 16.7. The van der Waals surface area contributed by atoms with Crippen LogP contribution in [0.15, 0.2) is 90.3 Å². The average molecular weight is 610 g/mol. The highest BCUT2D eigenvalue weighted by atomic mass is 16.5. The van der Waals surface area contributed by atoms with Crippen LogP contribution < -0.4 is 14.5 Å². The van der Waals surface area contributed by atoms with Gasteiger partial charge in [-0.15, -0.1) is 0 Å². The minimum Gasteiger partial charge on any atom is -0.497 e. The molecule has 2 heterocycles. The number of hydrogen-bond acceptors (Lipinski definition) is 6. The number of para-hydroxylation sites is 1. The highest BCUT2D eigenvalue weighted by Gasteiger charge is 2.39. The predicted molar refractivity (Wildman–Crippen MR) is 187 cm³/mol. The van der Waals surface area contributed by atoms with Gasteiger partial charge in [-0.25, -0.2) is 4.79 Å². The minimum atomic E-state index is -0.537. The third-order valence-corrected chi connectivity index (χ3v) is 9.20. The van der Waals surface area contributed by atoms with Crippen molar-refractivity contribution in [1.82, 2.24) is 0 Å². The number of methoxy groups -OCH3 is 1. The number of fused-ring (bicyclic) bond motifs is 2. The fourth-order valence-corrected chi connectivity index (χ4v) is 6.34. The van der Waals surface area contributed by atoms with Crippen molar-refractivity contribution in [3.05, 3.63) is 101 Å². The van der Waals surface area contributed by atoms with E-state index < -0.39 is 5.97 Å². The van der Waals surface area contributed by atoms with Gasteiger partial charge in [0.1, 0.15) is 17.4 Å². The Kier molecular flexibility index (Phi) is 11.9. The summed E-state index contributed by atoms with van der Waals surface area (Å²) in [5.74, 6) is 0.729. The molecule has 0 aromatic heterocycles. The predicted octanol–water partition coefficient (Wildman–Crippen LogP) is 9.00. The van der Waals surface area contributed by atoms with Crippen molar-refractivity contribution >= 4 is 17.3 Å². The van der Waals surface area contributed by atoms with Crippen molar-refractivity contribution < 1.29 is 14.3 Å². The van der Waals surface area contributed by atoms with Crippen LogP contribution in [0.25, 0.3) is 0 Å². The van der Waals surface area contributed by atoms with Gasteiger partial charge < -0.3 is 19.3 Å². The van der Waals surface area contributed by atoms with E-state index >= 15 is 0 Å². The van der Waals surface area contributed by atoms with E-state index in [4.69, 9.17) is 9.47 Å². The molecule has 0 saturated heterocycles. The largest absolute Gasteiger partial charge is 0.497 e. The molecule has 0 radical (unpaired) electrons. The van der Waals surface area contributed by atoms with Crippen molar-refractivity contribution in [3.8, 4) is 11.8 Å². The first kappa shape index (κ1) is 35.2. The van der Waals surface area contributed by atoms with Gasteiger partial charge in [0.25, 0.3) is 0 Å². The van der Waals surface area contributed by atoms with Crippen LogP contribution in [0.4, 0.5) is 11.4 Å². The summed E-state index contributed by atoms with van der Waals surface area (Å²) in [7, 11) is 5.81. The Hall–Kier alpha value is -4.24. The lowest BCUT2D eigenvalue weighted by Crippen LogP contribution is -2.22. The smallest absolute Gasteiger partial charge is 0.348 e. The summed E-state index contributed by atoms with van der Waals surface area (Å²) < 4.78 is 10.7. The average Bonchev–Trinajstić information content (AvgIpc) is 3.35. The van der Waals surface area contributed by atoms with Gasteiger partial charge >= 0.3 is 5.97 Å². The monoisotopic (exact) mass is 609 g/mol. The van der Waals surface area contributed by atoms with E-state index in [1.165, 1.54) is 22.5 Å². The first-order chi connectivity index (χ1) is 21.4. The molecule has 2 aromatic rings. The number of esters is 1. The van der Waals surface area contributed by atoms with Gasteiger partial charge in [0, 0.05) is 47.7 Å². The Morgan fingerprint density at radius 3 is 2.18 bits per heavy atom. The summed E-state index contributed by atoms with van der Waals surface area (Å²) in [6, 6.07) is 16.5. The highest BCUT2D eigenvalue weighted by molar-refractivity contribution is 5.93. The standard InChI is InChI=1S/C24H32N2O2.C15H19NO/c1-6-8-11-18(7-2)17-28-23(27)19(16-25)14-15-22-24(3,4)20-12-9-10-13-21(20)26(22)5;1-6-7-14-15(2,3)12-10-11(17-5)8-9-13(12)16(14)4/h9-10,12-15,18H,6-8,11,17H2,1-5H3;6-10H,1H2,2-5H3/b19-14+,22-15-;14-7-. The van der Waals surface area contributed by atoms with Gasteiger partial charge in [-0.1, -0.05) is 91.7 Å². The Labute approximate surface area is 271 Å². The molecule has 0 amide bonds. The van der Waals surface area contributed by atoms with Gasteiger partial charge in [-0.2, -0.15) is 5.26 Å². The number of anilines is 2. The van der Waals surface area contributed by atoms with E-state index in [1.807, 2.05) is 43.5 Å². The van der Waals surface area contributed by atoms with Crippen LogP contribution in [0.5, 0.6) is 5.75 Å². The van der Waals surface area contributed by atoms with Crippen molar-refractivity contribution in [2.75, 3.05) is 37.6 Å². The number of nitrogens with zero attached hydrogens (tertiary/aromatic N) is 3. The number of hydrogen-bond donors (Lipinski definition) is 0. The van der Waals surface area contributed by atoms with Gasteiger partial charge in [0.05, 0.1) is 13.7 Å². The van der Waals surface area contributed by atoms with Gasteiger partial charge in [-0.05, 0) is 66.0 Å². The van der Waals surface area contributed by atoms with E-state index in [1.54, 1.807) is 13.2 Å². The zero-order chi connectivity index (χ0) is 33.4. The molecule has 4 rings (SSSR count). The third-order valence-electron chi connectivity index (χ3n) is 9.20. The Morgan fingerprint density at radius 2 is 1.60 bits per heavy atom. The summed E-state index contributed by atoms with van der Waals surface area (Å²) in [5.41, 5.74) is 7.07. The van der Waals surface area contributed by atoms with E-state index in [2.05, 4.69) is 95.3 Å². The molecule has 6 heteroatoms. The fraction of sp³-hybridized carbons (Fsp3) is 0.436. The number of benzene rings is 2. The Bertz CT molecular complexity index is 1510. The molecule has 240 valence electrons. The second-order valence-corrected chi connectivity index (χ2v) is 12.8. The van der Waals surface area contributed by atoms with Crippen molar-refractivity contribution in [1.29, 1.82) is 5.26 Å². The van der Waals surface area contributed by atoms with Crippen LogP contribution in [0.2, 0.25) is 0 Å². The van der Waals surface area contributed by atoms with Crippen LogP contribution in [0.1, 0.15) is 78.4 Å². The highest BCUT2D eigenvalue weighted by Crippen LogP contribution is 2.48. The number of likely N-dealkylation sites (N-methyl/N-ethyl adjacent to an activating group) is 2. The fourth-order valence-electron chi connectivity index (χ4n) is 6.34. The molecule has 0 fully saturated rings. The molecule has 0 N–H and O–H groups in total. The van der Waals surface area contributed by atoms with E-state index in [9.17, 15) is 10.1 Å². The molecule has 2 aliphatic heterocycles. The first-order valence-electron chi connectivity index (χ1n) is 16.0. The summed E-state index contributed by atoms with van der Waals surface area (Å²) in [5, 5.41) is 9.44. The molecule has 0 bridgehead atoms. The van der Waals surface area contributed by atoms with Crippen molar-refractivity contribution in [3.63, 3.8) is 0 Å². The van der Waals surface area contributed by atoms with Gasteiger partial charge in [-0.3, -0.25) is 0 Å². The van der Waals surface area contributed by atoms with Crippen LogP contribution in [0.3, 0.4) is 0 Å². The van der Waals surface area contributed by atoms with Crippen LogP contribution in [0, 0.1) is 17.2 Å². The molecular formula is C39H51N3O3. The van der Waals surface area contributed by atoms with Gasteiger partial charge in [0.2, 0.25) is 0 Å². The third kappa shape index (κ3) is 7.53. The normalized spacial score (nSPS) is 18.4. The zero-order valence-electron chi connectivity index (χ0n) is 28.7. The lowest BCUT2D eigenvalue weighted by molar-refractivity contribution is -0.140. The maximum absolute atomic E-state index is 12.4. The number of allylic oxidation sites excluding steroid dienone is 6. The van der Waals surface area contributed by atoms with E-state index in [-0.39, 0.29) is 16.4 Å². The molecule has 45 heavy (non-hydrogen) atoms.